The number of nitrogens with one attached hydrogen (secondary N) is 1. The Morgan fingerprint density at radius 3 is 3.04 bits per heavy atom. The molecule has 0 radical (unpaired) electrons. The van der Waals surface area contributed by atoms with Gasteiger partial charge in [-0.15, -0.1) is 0 Å². The molecule has 0 atom stereocenters. The molecule has 0 fully saturated rings. The van der Waals surface area contributed by atoms with Crippen LogP contribution in [0.4, 0.5) is 10.2 Å². The summed E-state index contributed by atoms with van der Waals surface area (Å²) in [6.07, 6.45) is 5.10. The van der Waals surface area contributed by atoms with Gasteiger partial charge in [-0.25, -0.2) is 23.8 Å². The number of halogens is 1. The summed E-state index contributed by atoms with van der Waals surface area (Å²) in [5.41, 5.74) is 0.531. The second kappa shape index (κ2) is 6.62. The van der Waals surface area contributed by atoms with Crippen LogP contribution in [0, 0.1) is 5.82 Å². The maximum Gasteiger partial charge on any atom is 0.345 e. The summed E-state index contributed by atoms with van der Waals surface area (Å²) in [5.74, 6) is 1.01. The zero-order valence-electron chi connectivity index (χ0n) is 13.8. The number of aryl methyl sites for hydroxylation is 2. The third kappa shape index (κ3) is 2.99. The van der Waals surface area contributed by atoms with Crippen molar-refractivity contribution in [3.63, 3.8) is 0 Å². The molecule has 0 amide bonds. The van der Waals surface area contributed by atoms with Crippen LogP contribution in [0.5, 0.6) is 0 Å². The molecule has 2 aromatic heterocycles. The highest BCUT2D eigenvalue weighted by Gasteiger charge is 2.16. The van der Waals surface area contributed by atoms with E-state index in [1.54, 1.807) is 16.7 Å². The molecular weight excluding hydrogens is 323 g/mol. The van der Waals surface area contributed by atoms with Crippen molar-refractivity contribution in [2.24, 2.45) is 0 Å². The Morgan fingerprint density at radius 1 is 1.24 bits per heavy atom. The zero-order chi connectivity index (χ0) is 17.2. The van der Waals surface area contributed by atoms with Crippen molar-refractivity contribution in [3.8, 4) is 0 Å². The van der Waals surface area contributed by atoms with Crippen LogP contribution >= 0.6 is 0 Å². The zero-order valence-corrected chi connectivity index (χ0v) is 13.8. The molecule has 1 aliphatic rings. The molecule has 25 heavy (non-hydrogen) atoms. The number of hydrogen-bond donors (Lipinski definition) is 1. The second-order valence-electron chi connectivity index (χ2n) is 6.17. The first-order chi connectivity index (χ1) is 12.2. The lowest BCUT2D eigenvalue weighted by Crippen LogP contribution is -2.27. The van der Waals surface area contributed by atoms with E-state index in [-0.39, 0.29) is 11.5 Å². The van der Waals surface area contributed by atoms with Gasteiger partial charge in [-0.05, 0) is 31.4 Å². The van der Waals surface area contributed by atoms with Crippen LogP contribution in [0.3, 0.4) is 0 Å². The highest BCUT2D eigenvalue weighted by atomic mass is 19.1. The van der Waals surface area contributed by atoms with Gasteiger partial charge in [0.05, 0.1) is 10.9 Å². The molecule has 0 saturated heterocycles. The van der Waals surface area contributed by atoms with E-state index in [1.807, 2.05) is 0 Å². The molecule has 1 aliphatic heterocycles. The van der Waals surface area contributed by atoms with E-state index in [0.717, 1.165) is 31.6 Å². The predicted octanol–water partition coefficient (Wildman–Crippen LogP) is 1.97. The van der Waals surface area contributed by atoms with Crippen molar-refractivity contribution in [1.29, 1.82) is 0 Å². The summed E-state index contributed by atoms with van der Waals surface area (Å²) in [4.78, 5) is 20.5. The topological polar surface area (TPSA) is 77.6 Å². The monoisotopic (exact) mass is 342 g/mol. The van der Waals surface area contributed by atoms with Crippen molar-refractivity contribution in [3.05, 3.63) is 46.7 Å². The average Bonchev–Trinajstić information content (AvgIpc) is 2.95. The quantitative estimate of drug-likeness (QED) is 0.717. The molecule has 0 unspecified atom stereocenters. The number of nitrogens with zero attached hydrogens (tertiary/aromatic N) is 5. The number of benzene rings is 1. The van der Waals surface area contributed by atoms with Gasteiger partial charge >= 0.3 is 5.69 Å². The van der Waals surface area contributed by atoms with E-state index in [0.29, 0.717) is 36.2 Å². The van der Waals surface area contributed by atoms with Crippen LogP contribution in [0.1, 0.15) is 25.1 Å². The lowest BCUT2D eigenvalue weighted by molar-refractivity contribution is 0.510. The number of aromatic nitrogens is 5. The van der Waals surface area contributed by atoms with E-state index in [4.69, 9.17) is 0 Å². The van der Waals surface area contributed by atoms with Crippen molar-refractivity contribution in [2.75, 3.05) is 11.9 Å². The number of hydrogen-bond acceptors (Lipinski definition) is 5. The van der Waals surface area contributed by atoms with Gasteiger partial charge in [0.15, 0.2) is 0 Å². The Balaban J connectivity index is 1.42. The Labute approximate surface area is 143 Å². The fourth-order valence-corrected chi connectivity index (χ4v) is 3.23. The minimum Gasteiger partial charge on any atom is -0.369 e. The molecule has 0 saturated carbocycles. The largest absolute Gasteiger partial charge is 0.369 e. The lowest BCUT2D eigenvalue weighted by atomic mass is 10.2. The smallest absolute Gasteiger partial charge is 0.345 e. The molecule has 8 heteroatoms. The molecule has 0 spiro atoms. The van der Waals surface area contributed by atoms with Crippen LogP contribution in [-0.2, 0) is 19.5 Å². The van der Waals surface area contributed by atoms with Gasteiger partial charge in [0.25, 0.3) is 0 Å². The van der Waals surface area contributed by atoms with E-state index in [1.165, 1.54) is 17.1 Å². The van der Waals surface area contributed by atoms with Gasteiger partial charge in [0, 0.05) is 26.1 Å². The number of rotatable bonds is 5. The van der Waals surface area contributed by atoms with E-state index < -0.39 is 0 Å². The Kier molecular flexibility index (Phi) is 4.17. The van der Waals surface area contributed by atoms with Crippen LogP contribution in [-0.4, -0.2) is 30.9 Å². The molecule has 3 aromatic rings. The Morgan fingerprint density at radius 2 is 2.16 bits per heavy atom. The first kappa shape index (κ1) is 15.7. The molecule has 1 aromatic carbocycles. The van der Waals surface area contributed by atoms with Gasteiger partial charge < -0.3 is 5.32 Å². The SMILES string of the molecule is O=c1n(CCCNc2ncnc3cccc(F)c23)nc2n1CCCC2. The van der Waals surface area contributed by atoms with Crippen molar-refractivity contribution in [2.45, 2.75) is 38.8 Å². The molecule has 3 heterocycles. The van der Waals surface area contributed by atoms with Crippen molar-refractivity contribution in [1.82, 2.24) is 24.3 Å². The third-order valence-corrected chi connectivity index (χ3v) is 4.48. The van der Waals surface area contributed by atoms with Gasteiger partial charge in [-0.2, -0.15) is 5.10 Å². The molecule has 1 N–H and O–H groups in total. The summed E-state index contributed by atoms with van der Waals surface area (Å²) in [6, 6.07) is 4.77. The van der Waals surface area contributed by atoms with Crippen molar-refractivity contribution < 1.29 is 4.39 Å². The van der Waals surface area contributed by atoms with E-state index >= 15 is 0 Å². The van der Waals surface area contributed by atoms with Crippen molar-refractivity contribution >= 4 is 16.7 Å². The van der Waals surface area contributed by atoms with Gasteiger partial charge in [0.1, 0.15) is 23.8 Å². The first-order valence-corrected chi connectivity index (χ1v) is 8.53. The Hall–Kier alpha value is -2.77. The number of anilines is 1. The highest BCUT2D eigenvalue weighted by Crippen LogP contribution is 2.22. The minimum atomic E-state index is -0.349. The summed E-state index contributed by atoms with van der Waals surface area (Å²) < 4.78 is 17.3. The summed E-state index contributed by atoms with van der Waals surface area (Å²) in [7, 11) is 0. The predicted molar refractivity (Wildman–Crippen MR) is 92.0 cm³/mol. The van der Waals surface area contributed by atoms with Gasteiger partial charge in [-0.1, -0.05) is 6.07 Å². The first-order valence-electron chi connectivity index (χ1n) is 8.53. The van der Waals surface area contributed by atoms with Gasteiger partial charge in [0.2, 0.25) is 0 Å². The van der Waals surface area contributed by atoms with E-state index in [2.05, 4.69) is 20.4 Å². The van der Waals surface area contributed by atoms with Crippen LogP contribution in [0.25, 0.3) is 10.9 Å². The highest BCUT2D eigenvalue weighted by molar-refractivity contribution is 5.89. The minimum absolute atomic E-state index is 0.0340. The Bertz CT molecular complexity index is 958. The average molecular weight is 342 g/mol. The van der Waals surface area contributed by atoms with Crippen LogP contribution in [0.2, 0.25) is 0 Å². The maximum atomic E-state index is 14.0. The summed E-state index contributed by atoms with van der Waals surface area (Å²) >= 11 is 0. The molecule has 7 nitrogen and oxygen atoms in total. The normalized spacial score (nSPS) is 13.8. The fourth-order valence-electron chi connectivity index (χ4n) is 3.23. The molecule has 130 valence electrons. The second-order valence-corrected chi connectivity index (χ2v) is 6.17. The molecule has 0 aliphatic carbocycles. The molecule has 0 bridgehead atoms. The number of fused-ring (bicyclic) bond motifs is 2. The van der Waals surface area contributed by atoms with Gasteiger partial charge in [-0.3, -0.25) is 4.57 Å². The van der Waals surface area contributed by atoms with Crippen LogP contribution < -0.4 is 11.0 Å². The molecular formula is C17H19FN6O. The molecule has 4 rings (SSSR count). The third-order valence-electron chi connectivity index (χ3n) is 4.48. The maximum absolute atomic E-state index is 14.0. The van der Waals surface area contributed by atoms with E-state index in [9.17, 15) is 9.18 Å². The summed E-state index contributed by atoms with van der Waals surface area (Å²) in [6.45, 7) is 1.85. The lowest BCUT2D eigenvalue weighted by Gasteiger charge is -2.09. The summed E-state index contributed by atoms with van der Waals surface area (Å²) in [5, 5.41) is 7.94. The fraction of sp³-hybridized carbons (Fsp3) is 0.412. The standard InChI is InChI=1S/C17H19FN6O/c18-12-5-3-6-13-15(12)16(21-11-20-13)19-8-4-10-24-17(25)23-9-2-1-7-14(23)22-24/h3,5-6,11H,1-2,4,7-10H2,(H,19,20,21). The van der Waals surface area contributed by atoms with Crippen LogP contribution in [0.15, 0.2) is 29.3 Å².